The van der Waals surface area contributed by atoms with E-state index in [4.69, 9.17) is 23.9 Å². The van der Waals surface area contributed by atoms with Crippen LogP contribution in [-0.4, -0.2) is 20.2 Å². The van der Waals surface area contributed by atoms with Gasteiger partial charge in [-0.2, -0.15) is 10.4 Å². The van der Waals surface area contributed by atoms with E-state index in [1.54, 1.807) is 6.07 Å². The van der Waals surface area contributed by atoms with Crippen LogP contribution in [0.4, 0.5) is 11.5 Å². The lowest BCUT2D eigenvalue weighted by atomic mass is 10.1. The molecule has 0 spiro atoms. The molecule has 0 aliphatic carbocycles. The van der Waals surface area contributed by atoms with Crippen LogP contribution in [0, 0.1) is 24.8 Å². The first-order valence-corrected chi connectivity index (χ1v) is 11.2. The fourth-order valence-electron chi connectivity index (χ4n) is 2.95. The van der Waals surface area contributed by atoms with Crippen molar-refractivity contribution in [3.63, 3.8) is 0 Å². The average molecular weight is 464 g/mol. The second-order valence-electron chi connectivity index (χ2n) is 6.49. The van der Waals surface area contributed by atoms with Gasteiger partial charge in [0, 0.05) is 27.3 Å². The summed E-state index contributed by atoms with van der Waals surface area (Å²) < 4.78 is 0. The van der Waals surface area contributed by atoms with Crippen LogP contribution in [0.5, 0.6) is 0 Å². The van der Waals surface area contributed by atoms with Gasteiger partial charge >= 0.3 is 0 Å². The quantitative estimate of drug-likeness (QED) is 0.283. The number of nitrogens with two attached hydrogens (primary N) is 1. The number of nitrogens with one attached hydrogen (secondary N) is 1. The van der Waals surface area contributed by atoms with Crippen LogP contribution in [0.2, 0.25) is 5.02 Å². The average Bonchev–Trinajstić information content (AvgIpc) is 3.41. The van der Waals surface area contributed by atoms with Gasteiger partial charge in [0.15, 0.2) is 0 Å². The van der Waals surface area contributed by atoms with Crippen LogP contribution < -0.4 is 5.73 Å². The molecule has 4 aromatic rings. The zero-order valence-electron chi connectivity index (χ0n) is 16.2. The van der Waals surface area contributed by atoms with E-state index < -0.39 is 0 Å². The Labute approximate surface area is 191 Å². The maximum Gasteiger partial charge on any atom is 0.238 e. The molecule has 0 aliphatic heterocycles. The molecule has 3 N–H and O–H groups in total. The van der Waals surface area contributed by atoms with Crippen molar-refractivity contribution >= 4 is 46.2 Å². The number of nitriles is 1. The number of rotatable bonds is 5. The third-order valence-electron chi connectivity index (χ3n) is 4.36. The van der Waals surface area contributed by atoms with E-state index in [2.05, 4.69) is 31.1 Å². The molecule has 0 saturated heterocycles. The Morgan fingerprint density at radius 1 is 1.32 bits per heavy atom. The number of hydrogen-bond acceptors (Lipinski definition) is 7. The zero-order chi connectivity index (χ0) is 22.0. The number of thiazole rings is 1. The Morgan fingerprint density at radius 2 is 2.10 bits per heavy atom. The summed E-state index contributed by atoms with van der Waals surface area (Å²) >= 11 is 8.85. The van der Waals surface area contributed by atoms with Crippen molar-refractivity contribution < 1.29 is 0 Å². The molecule has 0 bridgehead atoms. The Kier molecular flexibility index (Phi) is 5.92. The van der Waals surface area contributed by atoms with Crippen LogP contribution in [0.25, 0.3) is 26.7 Å². The second-order valence-corrected chi connectivity index (χ2v) is 8.75. The van der Waals surface area contributed by atoms with Crippen LogP contribution >= 0.6 is 34.7 Å². The smallest absolute Gasteiger partial charge is 0.238 e. The molecule has 0 fully saturated rings. The summed E-state index contributed by atoms with van der Waals surface area (Å²) in [5.74, 6) is 0.586. The third-order valence-corrected chi connectivity index (χ3v) is 6.56. The van der Waals surface area contributed by atoms with E-state index in [-0.39, 0.29) is 11.5 Å². The number of pyridine rings is 1. The van der Waals surface area contributed by atoms with Crippen LogP contribution in [0.1, 0.15) is 17.0 Å². The SMILES string of the molecule is [C-]#[N+]c1c(N)nc(SCc2csc(-c3ccc(Cl)cc3)n2)c(C#N)c1-c1cc(C)n[nH]1. The Hall–Kier alpha value is -3.37. The fraction of sp³-hybridized carbons (Fsp3) is 0.0952. The van der Waals surface area contributed by atoms with E-state index in [0.717, 1.165) is 22.0 Å². The first-order valence-electron chi connectivity index (χ1n) is 8.96. The molecule has 3 heterocycles. The van der Waals surface area contributed by atoms with E-state index in [9.17, 15) is 5.26 Å². The van der Waals surface area contributed by atoms with Gasteiger partial charge in [0.2, 0.25) is 5.69 Å². The Morgan fingerprint density at radius 3 is 2.74 bits per heavy atom. The topological polar surface area (TPSA) is 109 Å². The molecule has 0 radical (unpaired) electrons. The van der Waals surface area contributed by atoms with Gasteiger partial charge in [-0.1, -0.05) is 35.5 Å². The molecule has 3 aromatic heterocycles. The Balaban J connectivity index is 1.65. The van der Waals surface area contributed by atoms with Crippen molar-refractivity contribution in [1.82, 2.24) is 20.2 Å². The summed E-state index contributed by atoms with van der Waals surface area (Å²) in [4.78, 5) is 12.5. The first kappa shape index (κ1) is 20.9. The minimum atomic E-state index is 0.0823. The monoisotopic (exact) mass is 463 g/mol. The number of aromatic nitrogens is 4. The maximum atomic E-state index is 9.84. The summed E-state index contributed by atoms with van der Waals surface area (Å²) in [5.41, 5.74) is 10.1. The minimum Gasteiger partial charge on any atom is -0.392 e. The highest BCUT2D eigenvalue weighted by atomic mass is 35.5. The predicted molar refractivity (Wildman–Crippen MR) is 124 cm³/mol. The molecule has 0 saturated carbocycles. The van der Waals surface area contributed by atoms with Gasteiger partial charge in [-0.3, -0.25) is 5.10 Å². The van der Waals surface area contributed by atoms with Gasteiger partial charge in [0.1, 0.15) is 21.9 Å². The predicted octanol–water partition coefficient (Wildman–Crippen LogP) is 5.85. The van der Waals surface area contributed by atoms with E-state index in [0.29, 0.717) is 32.6 Å². The van der Waals surface area contributed by atoms with E-state index >= 15 is 0 Å². The summed E-state index contributed by atoms with van der Waals surface area (Å²) in [6.45, 7) is 9.32. The van der Waals surface area contributed by atoms with Gasteiger partial charge in [-0.05, 0) is 25.1 Å². The number of nitrogen functional groups attached to an aromatic ring is 1. The molecule has 0 atom stereocenters. The highest BCUT2D eigenvalue weighted by Gasteiger charge is 2.22. The van der Waals surface area contributed by atoms with Crippen molar-refractivity contribution in [3.05, 3.63) is 69.1 Å². The summed E-state index contributed by atoms with van der Waals surface area (Å²) in [6.07, 6.45) is 0. The molecule has 152 valence electrons. The number of benzene rings is 1. The fourth-order valence-corrected chi connectivity index (χ4v) is 4.89. The number of halogens is 1. The highest BCUT2D eigenvalue weighted by molar-refractivity contribution is 7.98. The molecular weight excluding hydrogens is 450 g/mol. The molecule has 10 heteroatoms. The van der Waals surface area contributed by atoms with Gasteiger partial charge in [-0.15, -0.1) is 11.3 Å². The van der Waals surface area contributed by atoms with E-state index in [1.165, 1.54) is 23.1 Å². The standard InChI is InChI=1S/C21H14ClN7S2/c1-11-7-16(29-28-11)17-15(8-23)21(27-19(24)18(17)25-2)31-10-14-9-30-20(26-14)12-3-5-13(22)6-4-12/h3-7,9H,10H2,1H3,(H2,24,27)(H,28,29). The third kappa shape index (κ3) is 4.25. The number of thioether (sulfide) groups is 1. The number of nitrogens with zero attached hydrogens (tertiary/aromatic N) is 5. The molecular formula is C21H14ClN7S2. The van der Waals surface area contributed by atoms with Gasteiger partial charge in [-0.25, -0.2) is 14.8 Å². The van der Waals surface area contributed by atoms with Crippen LogP contribution in [0.15, 0.2) is 40.7 Å². The number of aryl methyl sites for hydroxylation is 1. The van der Waals surface area contributed by atoms with Gasteiger partial charge < -0.3 is 5.73 Å². The largest absolute Gasteiger partial charge is 0.392 e. The Bertz CT molecular complexity index is 1340. The van der Waals surface area contributed by atoms with Crippen molar-refractivity contribution in [3.8, 4) is 27.9 Å². The highest BCUT2D eigenvalue weighted by Crippen LogP contribution is 2.41. The van der Waals surface area contributed by atoms with Crippen LogP contribution in [0.3, 0.4) is 0 Å². The van der Waals surface area contributed by atoms with Gasteiger partial charge in [0.25, 0.3) is 0 Å². The second kappa shape index (κ2) is 8.78. The van der Waals surface area contributed by atoms with Crippen molar-refractivity contribution in [2.45, 2.75) is 17.7 Å². The minimum absolute atomic E-state index is 0.0823. The summed E-state index contributed by atoms with van der Waals surface area (Å²) in [7, 11) is 0. The summed E-state index contributed by atoms with van der Waals surface area (Å²) in [6, 6.07) is 11.5. The first-order chi connectivity index (χ1) is 15.0. The molecule has 7 nitrogen and oxygen atoms in total. The van der Waals surface area contributed by atoms with E-state index in [1.807, 2.05) is 36.6 Å². The lowest BCUT2D eigenvalue weighted by molar-refractivity contribution is 1.05. The van der Waals surface area contributed by atoms with Crippen molar-refractivity contribution in [2.75, 3.05) is 5.73 Å². The number of aromatic amines is 1. The number of anilines is 1. The zero-order valence-corrected chi connectivity index (χ0v) is 18.6. The maximum absolute atomic E-state index is 9.84. The molecule has 0 aliphatic rings. The van der Waals surface area contributed by atoms with Crippen molar-refractivity contribution in [2.24, 2.45) is 0 Å². The van der Waals surface area contributed by atoms with Crippen LogP contribution in [-0.2, 0) is 5.75 Å². The summed E-state index contributed by atoms with van der Waals surface area (Å²) in [5, 5.41) is 20.8. The molecule has 0 amide bonds. The molecule has 1 aromatic carbocycles. The molecule has 4 rings (SSSR count). The lowest BCUT2D eigenvalue weighted by Gasteiger charge is -2.11. The lowest BCUT2D eigenvalue weighted by Crippen LogP contribution is -1.99. The van der Waals surface area contributed by atoms with Gasteiger partial charge in [0.05, 0.1) is 29.2 Å². The molecule has 31 heavy (non-hydrogen) atoms. The number of H-pyrrole nitrogens is 1. The number of hydrogen-bond donors (Lipinski definition) is 2. The normalized spacial score (nSPS) is 10.6. The van der Waals surface area contributed by atoms with Crippen molar-refractivity contribution in [1.29, 1.82) is 5.26 Å². The molecule has 0 unspecified atom stereocenters.